The molecule has 27 heavy (non-hydrogen) atoms. The lowest BCUT2D eigenvalue weighted by atomic mass is 10.1. The number of nitrogens with zero attached hydrogens (tertiary/aromatic N) is 3. The van der Waals surface area contributed by atoms with Gasteiger partial charge in [0.1, 0.15) is 5.82 Å². The van der Waals surface area contributed by atoms with Crippen molar-refractivity contribution in [3.05, 3.63) is 65.5 Å². The Morgan fingerprint density at radius 2 is 1.93 bits per heavy atom. The molecule has 0 saturated heterocycles. The van der Waals surface area contributed by atoms with Gasteiger partial charge in [-0.25, -0.2) is 4.39 Å². The number of hydrogen-bond acceptors (Lipinski definition) is 4. The molecule has 1 N–H and O–H groups in total. The quantitative estimate of drug-likeness (QED) is 0.534. The van der Waals surface area contributed by atoms with Crippen LogP contribution in [0.5, 0.6) is 0 Å². The van der Waals surface area contributed by atoms with Crippen LogP contribution in [-0.2, 0) is 4.79 Å². The minimum Gasteiger partial charge on any atom is -0.325 e. The van der Waals surface area contributed by atoms with Crippen LogP contribution in [0.1, 0.15) is 11.1 Å². The van der Waals surface area contributed by atoms with Crippen molar-refractivity contribution in [3.8, 4) is 0 Å². The van der Waals surface area contributed by atoms with Gasteiger partial charge in [-0.15, -0.1) is 10.2 Å². The van der Waals surface area contributed by atoms with E-state index >= 15 is 0 Å². The Kier molecular flexibility index (Phi) is 4.53. The zero-order valence-corrected chi connectivity index (χ0v) is 15.7. The monoisotopic (exact) mass is 380 g/mol. The Labute approximate surface area is 159 Å². The number of pyridine rings is 1. The maximum atomic E-state index is 13.4. The molecule has 4 rings (SSSR count). The van der Waals surface area contributed by atoms with E-state index in [0.717, 1.165) is 27.7 Å². The summed E-state index contributed by atoms with van der Waals surface area (Å²) in [5, 5.41) is 13.0. The van der Waals surface area contributed by atoms with Crippen molar-refractivity contribution in [2.45, 2.75) is 19.0 Å². The average molecular weight is 380 g/mol. The molecule has 2 aromatic carbocycles. The number of carbonyl (C=O) groups is 1. The minimum atomic E-state index is -0.381. The Hall–Kier alpha value is -2.93. The SMILES string of the molecule is Cc1ccc(F)cc1NC(=O)CSc1nnc2cc(C)c3ccccc3n12. The van der Waals surface area contributed by atoms with Crippen LogP contribution in [0, 0.1) is 19.7 Å². The van der Waals surface area contributed by atoms with Crippen LogP contribution in [0.2, 0.25) is 0 Å². The molecule has 0 saturated carbocycles. The first-order valence-electron chi connectivity index (χ1n) is 8.45. The van der Waals surface area contributed by atoms with Gasteiger partial charge in [0.15, 0.2) is 10.8 Å². The highest BCUT2D eigenvalue weighted by atomic mass is 32.2. The summed E-state index contributed by atoms with van der Waals surface area (Å²) in [4.78, 5) is 12.3. The Morgan fingerprint density at radius 3 is 2.78 bits per heavy atom. The third-order valence-electron chi connectivity index (χ3n) is 4.38. The van der Waals surface area contributed by atoms with Crippen LogP contribution in [0.25, 0.3) is 16.6 Å². The number of fused-ring (bicyclic) bond motifs is 3. The topological polar surface area (TPSA) is 59.3 Å². The van der Waals surface area contributed by atoms with Crippen molar-refractivity contribution in [1.29, 1.82) is 0 Å². The molecule has 0 fully saturated rings. The highest BCUT2D eigenvalue weighted by Gasteiger charge is 2.13. The highest BCUT2D eigenvalue weighted by molar-refractivity contribution is 7.99. The lowest BCUT2D eigenvalue weighted by Gasteiger charge is -2.09. The van der Waals surface area contributed by atoms with Crippen LogP contribution >= 0.6 is 11.8 Å². The standard InChI is InChI=1S/C20H17FN4OS/c1-12-7-8-14(21)10-16(12)22-19(26)11-27-20-24-23-18-9-13(2)15-5-3-4-6-17(15)25(18)20/h3-10H,11H2,1-2H3,(H,22,26). The van der Waals surface area contributed by atoms with E-state index in [1.54, 1.807) is 6.07 Å². The lowest BCUT2D eigenvalue weighted by Crippen LogP contribution is -2.15. The second kappa shape index (κ2) is 7.00. The number of nitrogens with one attached hydrogen (secondary N) is 1. The van der Waals surface area contributed by atoms with Crippen molar-refractivity contribution in [2.75, 3.05) is 11.1 Å². The number of rotatable bonds is 4. The van der Waals surface area contributed by atoms with Crippen molar-refractivity contribution in [1.82, 2.24) is 14.6 Å². The van der Waals surface area contributed by atoms with E-state index in [9.17, 15) is 9.18 Å². The summed E-state index contributed by atoms with van der Waals surface area (Å²) in [5.41, 5.74) is 4.16. The van der Waals surface area contributed by atoms with Crippen LogP contribution in [0.4, 0.5) is 10.1 Å². The fourth-order valence-electron chi connectivity index (χ4n) is 3.01. The molecule has 0 atom stereocenters. The molecule has 136 valence electrons. The minimum absolute atomic E-state index is 0.152. The van der Waals surface area contributed by atoms with E-state index in [1.807, 2.05) is 42.5 Å². The number of carbonyl (C=O) groups excluding carboxylic acids is 1. The van der Waals surface area contributed by atoms with Gasteiger partial charge in [0.2, 0.25) is 5.91 Å². The van der Waals surface area contributed by atoms with E-state index < -0.39 is 0 Å². The average Bonchev–Trinajstić information content (AvgIpc) is 3.06. The van der Waals surface area contributed by atoms with E-state index in [0.29, 0.717) is 10.8 Å². The Balaban J connectivity index is 1.58. The van der Waals surface area contributed by atoms with Gasteiger partial charge in [0.05, 0.1) is 11.3 Å². The van der Waals surface area contributed by atoms with Crippen molar-refractivity contribution >= 4 is 39.9 Å². The van der Waals surface area contributed by atoms with E-state index in [4.69, 9.17) is 0 Å². The summed E-state index contributed by atoms with van der Waals surface area (Å²) in [6.45, 7) is 3.86. The van der Waals surface area contributed by atoms with Crippen molar-refractivity contribution in [3.63, 3.8) is 0 Å². The van der Waals surface area contributed by atoms with Gasteiger partial charge in [-0.3, -0.25) is 9.20 Å². The number of halogens is 1. The summed E-state index contributed by atoms with van der Waals surface area (Å²) in [7, 11) is 0. The molecule has 2 aromatic heterocycles. The fraction of sp³-hybridized carbons (Fsp3) is 0.150. The fourth-order valence-corrected chi connectivity index (χ4v) is 3.77. The van der Waals surface area contributed by atoms with Crippen molar-refractivity contribution < 1.29 is 9.18 Å². The van der Waals surface area contributed by atoms with E-state index in [2.05, 4.69) is 21.6 Å². The lowest BCUT2D eigenvalue weighted by molar-refractivity contribution is -0.113. The smallest absolute Gasteiger partial charge is 0.234 e. The summed E-state index contributed by atoms with van der Waals surface area (Å²) in [6, 6.07) is 14.3. The first-order chi connectivity index (χ1) is 13.0. The highest BCUT2D eigenvalue weighted by Crippen LogP contribution is 2.26. The first kappa shape index (κ1) is 17.5. The zero-order chi connectivity index (χ0) is 19.0. The second-order valence-corrected chi connectivity index (χ2v) is 7.26. The second-order valence-electron chi connectivity index (χ2n) is 6.32. The number of para-hydroxylation sites is 1. The maximum Gasteiger partial charge on any atom is 0.234 e. The molecule has 2 heterocycles. The zero-order valence-electron chi connectivity index (χ0n) is 14.9. The van der Waals surface area contributed by atoms with Gasteiger partial charge < -0.3 is 5.32 Å². The number of thioether (sulfide) groups is 1. The third kappa shape index (κ3) is 3.38. The van der Waals surface area contributed by atoms with Crippen LogP contribution in [-0.4, -0.2) is 26.3 Å². The molecule has 0 aliphatic carbocycles. The molecule has 4 aromatic rings. The molecule has 1 amide bonds. The summed E-state index contributed by atoms with van der Waals surface area (Å²) < 4.78 is 15.3. The van der Waals surface area contributed by atoms with Gasteiger partial charge in [-0.2, -0.15) is 0 Å². The molecular weight excluding hydrogens is 363 g/mol. The van der Waals surface area contributed by atoms with Gasteiger partial charge in [0, 0.05) is 11.1 Å². The van der Waals surface area contributed by atoms with Crippen molar-refractivity contribution in [2.24, 2.45) is 0 Å². The molecule has 0 unspecified atom stereocenters. The van der Waals surface area contributed by atoms with Gasteiger partial charge in [-0.1, -0.05) is 36.0 Å². The normalized spacial score (nSPS) is 11.2. The number of aromatic nitrogens is 3. The van der Waals surface area contributed by atoms with Crippen LogP contribution < -0.4 is 5.32 Å². The first-order valence-corrected chi connectivity index (χ1v) is 9.44. The van der Waals surface area contributed by atoms with E-state index in [1.165, 1.54) is 23.9 Å². The summed E-state index contributed by atoms with van der Waals surface area (Å²) in [5.74, 6) is -0.449. The summed E-state index contributed by atoms with van der Waals surface area (Å²) in [6.07, 6.45) is 0. The van der Waals surface area contributed by atoms with Gasteiger partial charge >= 0.3 is 0 Å². The molecular formula is C20H17FN4OS. The Morgan fingerprint density at radius 1 is 1.11 bits per heavy atom. The van der Waals surface area contributed by atoms with Gasteiger partial charge in [0.25, 0.3) is 0 Å². The number of amides is 1. The predicted octanol–water partition coefficient (Wildman–Crippen LogP) is 4.37. The Bertz CT molecular complexity index is 1170. The number of anilines is 1. The predicted molar refractivity (Wildman–Crippen MR) is 106 cm³/mol. The molecule has 7 heteroatoms. The largest absolute Gasteiger partial charge is 0.325 e. The van der Waals surface area contributed by atoms with Crippen LogP contribution in [0.3, 0.4) is 0 Å². The molecule has 0 bridgehead atoms. The van der Waals surface area contributed by atoms with Gasteiger partial charge in [-0.05, 0) is 49.2 Å². The summed E-state index contributed by atoms with van der Waals surface area (Å²) >= 11 is 1.30. The molecule has 0 radical (unpaired) electrons. The number of benzene rings is 2. The molecule has 0 aliphatic heterocycles. The number of aryl methyl sites for hydroxylation is 2. The maximum absolute atomic E-state index is 13.4. The molecule has 0 aliphatic rings. The number of hydrogen-bond donors (Lipinski definition) is 1. The van der Waals surface area contributed by atoms with E-state index in [-0.39, 0.29) is 17.5 Å². The molecule has 0 spiro atoms. The third-order valence-corrected chi connectivity index (χ3v) is 5.31. The van der Waals surface area contributed by atoms with Crippen LogP contribution in [0.15, 0.2) is 53.7 Å². The molecule has 5 nitrogen and oxygen atoms in total.